The molecule has 1 aliphatic carbocycles. The lowest BCUT2D eigenvalue weighted by atomic mass is 9.67. The van der Waals surface area contributed by atoms with Gasteiger partial charge in [-0.05, 0) is 89.3 Å². The summed E-state index contributed by atoms with van der Waals surface area (Å²) in [6.45, 7) is 2.08. The molecule has 67 heavy (non-hydrogen) atoms. The van der Waals surface area contributed by atoms with E-state index >= 15 is 0 Å². The Morgan fingerprint density at radius 3 is 1.55 bits per heavy atom. The Hall–Kier alpha value is -8.66. The lowest BCUT2D eigenvalue weighted by molar-refractivity contribution is 0.769. The van der Waals surface area contributed by atoms with Crippen LogP contribution in [0.4, 0.5) is 0 Å². The SMILES string of the molecule is Cc1ccccc1.N=C(N=C(N)c1ccccc1)c1c(-c2ccc(-c3ccc(C4(c5ccccc5)c5ccccc5-c5c4ccc4ccccc54)cc3)cc2)c2ccccc2c2ccccc12. The maximum absolute atomic E-state index is 9.47. The molecule has 3 N–H and O–H groups in total. The van der Waals surface area contributed by atoms with Crippen molar-refractivity contribution in [1.82, 2.24) is 0 Å². The molecule has 3 heteroatoms. The second-order valence-corrected chi connectivity index (χ2v) is 17.2. The summed E-state index contributed by atoms with van der Waals surface area (Å²) >= 11 is 0. The molecule has 0 saturated heterocycles. The minimum Gasteiger partial charge on any atom is -0.383 e. The highest BCUT2D eigenvalue weighted by molar-refractivity contribution is 6.26. The van der Waals surface area contributed by atoms with Crippen LogP contribution >= 0.6 is 0 Å². The molecular weight excluding hydrogens is 811 g/mol. The minimum atomic E-state index is -0.482. The van der Waals surface area contributed by atoms with Crippen LogP contribution in [0, 0.1) is 12.3 Å². The molecule has 1 aliphatic rings. The van der Waals surface area contributed by atoms with Crippen molar-refractivity contribution in [2.75, 3.05) is 0 Å². The predicted octanol–water partition coefficient (Wildman–Crippen LogP) is 15.6. The molecule has 318 valence electrons. The van der Waals surface area contributed by atoms with E-state index < -0.39 is 5.41 Å². The first-order valence-corrected chi connectivity index (χ1v) is 22.8. The topological polar surface area (TPSA) is 62.2 Å². The summed E-state index contributed by atoms with van der Waals surface area (Å²) in [6.07, 6.45) is 0. The van der Waals surface area contributed by atoms with Crippen LogP contribution in [0.1, 0.15) is 38.9 Å². The van der Waals surface area contributed by atoms with Gasteiger partial charge in [-0.25, -0.2) is 4.99 Å². The van der Waals surface area contributed by atoms with Crippen LogP contribution in [0.2, 0.25) is 0 Å². The van der Waals surface area contributed by atoms with Crippen LogP contribution < -0.4 is 5.73 Å². The van der Waals surface area contributed by atoms with Crippen LogP contribution in [-0.4, -0.2) is 11.7 Å². The van der Waals surface area contributed by atoms with E-state index in [0.717, 1.165) is 54.9 Å². The molecule has 0 bridgehead atoms. The average Bonchev–Trinajstić information content (AvgIpc) is 3.71. The van der Waals surface area contributed by atoms with E-state index in [1.807, 2.05) is 54.6 Å². The highest BCUT2D eigenvalue weighted by Gasteiger charge is 2.46. The quantitative estimate of drug-likeness (QED) is 0.0977. The molecule has 12 rings (SSSR count). The molecule has 1 unspecified atom stereocenters. The van der Waals surface area contributed by atoms with Crippen molar-refractivity contribution in [2.45, 2.75) is 12.3 Å². The molecule has 3 nitrogen and oxygen atoms in total. The molecule has 0 aromatic heterocycles. The maximum atomic E-state index is 9.47. The molecule has 0 heterocycles. The number of benzene rings is 11. The van der Waals surface area contributed by atoms with Crippen LogP contribution in [-0.2, 0) is 5.41 Å². The van der Waals surface area contributed by atoms with Gasteiger partial charge in [0.05, 0.1) is 5.41 Å². The lowest BCUT2D eigenvalue weighted by Gasteiger charge is -2.34. The molecule has 0 fully saturated rings. The summed E-state index contributed by atoms with van der Waals surface area (Å²) in [6, 6.07) is 87.9. The molecule has 0 amide bonds. The zero-order valence-electron chi connectivity index (χ0n) is 37.2. The number of hydrogen-bond donors (Lipinski definition) is 2. The number of nitrogens with one attached hydrogen (secondary N) is 1. The number of aliphatic imine (C=N–C) groups is 1. The molecule has 0 radical (unpaired) electrons. The fourth-order valence-electron chi connectivity index (χ4n) is 10.3. The van der Waals surface area contributed by atoms with E-state index in [1.54, 1.807) is 0 Å². The third-order valence-corrected chi connectivity index (χ3v) is 13.4. The predicted molar refractivity (Wildman–Crippen MR) is 282 cm³/mol. The zero-order chi connectivity index (χ0) is 45.3. The van der Waals surface area contributed by atoms with Gasteiger partial charge in [0.2, 0.25) is 0 Å². The Kier molecular flexibility index (Phi) is 10.7. The summed E-state index contributed by atoms with van der Waals surface area (Å²) in [5.41, 5.74) is 20.9. The number of rotatable bonds is 6. The van der Waals surface area contributed by atoms with Crippen LogP contribution in [0.3, 0.4) is 0 Å². The lowest BCUT2D eigenvalue weighted by Crippen LogP contribution is -2.28. The van der Waals surface area contributed by atoms with Crippen LogP contribution in [0.5, 0.6) is 0 Å². The van der Waals surface area contributed by atoms with Crippen LogP contribution in [0.15, 0.2) is 254 Å². The van der Waals surface area contributed by atoms with E-state index in [1.165, 1.54) is 49.7 Å². The first-order valence-electron chi connectivity index (χ1n) is 22.8. The first kappa shape index (κ1) is 41.1. The van der Waals surface area contributed by atoms with Crippen molar-refractivity contribution in [1.29, 1.82) is 5.41 Å². The highest BCUT2D eigenvalue weighted by atomic mass is 14.9. The second-order valence-electron chi connectivity index (χ2n) is 17.2. The van der Waals surface area contributed by atoms with E-state index in [9.17, 15) is 5.41 Å². The van der Waals surface area contributed by atoms with Gasteiger partial charge in [-0.15, -0.1) is 0 Å². The normalized spacial score (nSPS) is 14.0. The zero-order valence-corrected chi connectivity index (χ0v) is 37.2. The van der Waals surface area contributed by atoms with Gasteiger partial charge in [0.15, 0.2) is 5.84 Å². The summed E-state index contributed by atoms with van der Waals surface area (Å²) in [5, 5.41) is 16.2. The standard InChI is InChI=1S/C57H39N3.C7H8/c58-55(41-16-3-1-4-17-41)60-56(59)54-48-24-12-10-22-46(48)45-21-9-11-23-47(45)52(54)40-29-27-37(28-30-40)38-31-34-43(35-32-38)57(42-18-5-2-6-19-42)50-26-14-13-25-49(50)53-44-20-8-7-15-39(44)33-36-51(53)57;1-7-5-3-2-4-6-7/h1-36H,(H3,58,59,60);2-6H,1H3. The Morgan fingerprint density at radius 1 is 0.403 bits per heavy atom. The van der Waals surface area contributed by atoms with Gasteiger partial charge >= 0.3 is 0 Å². The van der Waals surface area contributed by atoms with Gasteiger partial charge in [0.1, 0.15) is 5.84 Å². The van der Waals surface area contributed by atoms with Crippen molar-refractivity contribution < 1.29 is 0 Å². The summed E-state index contributed by atoms with van der Waals surface area (Å²) in [7, 11) is 0. The van der Waals surface area contributed by atoms with Crippen molar-refractivity contribution in [2.24, 2.45) is 10.7 Å². The van der Waals surface area contributed by atoms with Gasteiger partial charge in [0.25, 0.3) is 0 Å². The minimum absolute atomic E-state index is 0.128. The van der Waals surface area contributed by atoms with Gasteiger partial charge < -0.3 is 5.73 Å². The number of nitrogens with two attached hydrogens (primary N) is 1. The van der Waals surface area contributed by atoms with Gasteiger partial charge in [0, 0.05) is 16.7 Å². The monoisotopic (exact) mass is 857 g/mol. The first-order chi connectivity index (χ1) is 33.0. The summed E-state index contributed by atoms with van der Waals surface area (Å²) in [4.78, 5) is 4.71. The fourth-order valence-corrected chi connectivity index (χ4v) is 10.3. The number of fused-ring (bicyclic) bond motifs is 8. The number of hydrogen-bond acceptors (Lipinski definition) is 1. The van der Waals surface area contributed by atoms with Crippen LogP contribution in [0.25, 0.3) is 65.7 Å². The Labute approximate surface area is 391 Å². The number of nitrogens with zero attached hydrogens (tertiary/aromatic N) is 1. The third-order valence-electron chi connectivity index (χ3n) is 13.4. The Balaban J connectivity index is 0.000000649. The van der Waals surface area contributed by atoms with Crippen molar-refractivity contribution in [3.8, 4) is 33.4 Å². The summed E-state index contributed by atoms with van der Waals surface area (Å²) < 4.78 is 0. The molecule has 11 aromatic carbocycles. The molecular formula is C64H47N3. The third kappa shape index (κ3) is 7.18. The molecule has 0 aliphatic heterocycles. The van der Waals surface area contributed by atoms with E-state index in [0.29, 0.717) is 5.84 Å². The van der Waals surface area contributed by atoms with Gasteiger partial charge in [-0.3, -0.25) is 5.41 Å². The highest BCUT2D eigenvalue weighted by Crippen LogP contribution is 2.57. The van der Waals surface area contributed by atoms with Gasteiger partial charge in [-0.2, -0.15) is 0 Å². The Morgan fingerprint density at radius 2 is 0.896 bits per heavy atom. The molecule has 0 saturated carbocycles. The number of aryl methyl sites for hydroxylation is 1. The average molecular weight is 858 g/mol. The van der Waals surface area contributed by atoms with E-state index in [2.05, 4.69) is 201 Å². The second kappa shape index (κ2) is 17.4. The Bertz CT molecular complexity index is 3630. The van der Waals surface area contributed by atoms with E-state index in [-0.39, 0.29) is 5.84 Å². The van der Waals surface area contributed by atoms with Crippen molar-refractivity contribution >= 4 is 44.0 Å². The largest absolute Gasteiger partial charge is 0.383 e. The van der Waals surface area contributed by atoms with Crippen molar-refractivity contribution in [3.63, 3.8) is 0 Å². The smallest absolute Gasteiger partial charge is 0.155 e. The maximum Gasteiger partial charge on any atom is 0.155 e. The van der Waals surface area contributed by atoms with Gasteiger partial charge in [-0.1, -0.05) is 254 Å². The summed E-state index contributed by atoms with van der Waals surface area (Å²) in [5.74, 6) is 0.443. The fraction of sp³-hybridized carbons (Fsp3) is 0.0312. The molecule has 11 aromatic rings. The van der Waals surface area contributed by atoms with E-state index in [4.69, 9.17) is 10.7 Å². The molecule has 0 spiro atoms. The van der Waals surface area contributed by atoms with Crippen molar-refractivity contribution in [3.05, 3.63) is 288 Å². The molecule has 1 atom stereocenters. The number of amidine groups is 2.